The molecule has 0 heterocycles. The molecule has 0 bridgehead atoms. The maximum absolute atomic E-state index is 8.52. The summed E-state index contributed by atoms with van der Waals surface area (Å²) in [4.78, 5) is 0. The predicted molar refractivity (Wildman–Crippen MR) is 32.4 cm³/mol. The zero-order valence-electron chi connectivity index (χ0n) is 5.29. The molecule has 1 N–H and O–H groups in total. The SMILES string of the molecule is CC=CCOC(C)O. The van der Waals surface area contributed by atoms with E-state index >= 15 is 0 Å². The first-order valence-corrected chi connectivity index (χ1v) is 2.68. The highest BCUT2D eigenvalue weighted by Gasteiger charge is 1.87. The van der Waals surface area contributed by atoms with Crippen LogP contribution in [-0.2, 0) is 4.74 Å². The molecule has 0 radical (unpaired) electrons. The van der Waals surface area contributed by atoms with Gasteiger partial charge in [-0.25, -0.2) is 0 Å². The van der Waals surface area contributed by atoms with Gasteiger partial charge in [0, 0.05) is 0 Å². The lowest BCUT2D eigenvalue weighted by atomic mass is 10.5. The van der Waals surface area contributed by atoms with Crippen LogP contribution < -0.4 is 0 Å². The summed E-state index contributed by atoms with van der Waals surface area (Å²) >= 11 is 0. The average molecular weight is 116 g/mol. The zero-order chi connectivity index (χ0) is 6.41. The fourth-order valence-electron chi connectivity index (χ4n) is 0.291. The molecule has 0 amide bonds. The van der Waals surface area contributed by atoms with Gasteiger partial charge >= 0.3 is 0 Å². The number of aliphatic hydroxyl groups excluding tert-OH is 1. The highest BCUT2D eigenvalue weighted by atomic mass is 16.6. The van der Waals surface area contributed by atoms with Gasteiger partial charge < -0.3 is 9.84 Å². The van der Waals surface area contributed by atoms with Crippen LogP contribution in [0, 0.1) is 0 Å². The fourth-order valence-corrected chi connectivity index (χ4v) is 0.291. The molecule has 48 valence electrons. The second kappa shape index (κ2) is 4.81. The molecule has 2 nitrogen and oxygen atoms in total. The van der Waals surface area contributed by atoms with Crippen molar-refractivity contribution in [2.75, 3.05) is 6.61 Å². The molecule has 0 aliphatic carbocycles. The third-order valence-corrected chi connectivity index (χ3v) is 0.669. The molecule has 1 unspecified atom stereocenters. The van der Waals surface area contributed by atoms with Crippen molar-refractivity contribution >= 4 is 0 Å². The Bertz CT molecular complexity index is 66.9. The first kappa shape index (κ1) is 7.66. The molecule has 0 fully saturated rings. The quantitative estimate of drug-likeness (QED) is 0.439. The van der Waals surface area contributed by atoms with Crippen molar-refractivity contribution in [2.24, 2.45) is 0 Å². The summed E-state index contributed by atoms with van der Waals surface area (Å²) in [6.45, 7) is 3.99. The smallest absolute Gasteiger partial charge is 0.152 e. The second-order valence-electron chi connectivity index (χ2n) is 1.50. The van der Waals surface area contributed by atoms with E-state index in [0.29, 0.717) is 6.61 Å². The molecular formula is C6H12O2. The number of ether oxygens (including phenoxy) is 1. The number of hydrogen-bond acceptors (Lipinski definition) is 2. The third-order valence-electron chi connectivity index (χ3n) is 0.669. The highest BCUT2D eigenvalue weighted by molar-refractivity contribution is 4.75. The maximum atomic E-state index is 8.52. The molecule has 0 aromatic carbocycles. The van der Waals surface area contributed by atoms with Crippen LogP contribution in [0.4, 0.5) is 0 Å². The van der Waals surface area contributed by atoms with Crippen molar-refractivity contribution in [3.63, 3.8) is 0 Å². The number of hydrogen-bond donors (Lipinski definition) is 1. The van der Waals surface area contributed by atoms with Crippen molar-refractivity contribution < 1.29 is 9.84 Å². The van der Waals surface area contributed by atoms with E-state index in [1.807, 2.05) is 19.1 Å². The first-order chi connectivity index (χ1) is 3.77. The molecule has 8 heavy (non-hydrogen) atoms. The van der Waals surface area contributed by atoms with Gasteiger partial charge in [-0.15, -0.1) is 0 Å². The molecule has 0 rings (SSSR count). The Labute approximate surface area is 49.8 Å². The summed E-state index contributed by atoms with van der Waals surface area (Å²) in [7, 11) is 0. The van der Waals surface area contributed by atoms with E-state index < -0.39 is 6.29 Å². The van der Waals surface area contributed by atoms with Crippen LogP contribution >= 0.6 is 0 Å². The van der Waals surface area contributed by atoms with Gasteiger partial charge in [0.25, 0.3) is 0 Å². The van der Waals surface area contributed by atoms with Gasteiger partial charge in [0.2, 0.25) is 0 Å². The fraction of sp³-hybridized carbons (Fsp3) is 0.667. The second-order valence-corrected chi connectivity index (χ2v) is 1.50. The Hall–Kier alpha value is -0.340. The lowest BCUT2D eigenvalue weighted by Crippen LogP contribution is -2.05. The molecular weight excluding hydrogens is 104 g/mol. The molecule has 1 atom stereocenters. The van der Waals surface area contributed by atoms with E-state index in [0.717, 1.165) is 0 Å². The van der Waals surface area contributed by atoms with Gasteiger partial charge in [-0.2, -0.15) is 0 Å². The monoisotopic (exact) mass is 116 g/mol. The largest absolute Gasteiger partial charge is 0.368 e. The Balaban J connectivity index is 2.93. The summed E-state index contributed by atoms with van der Waals surface area (Å²) in [6.07, 6.45) is 3.07. The lowest BCUT2D eigenvalue weighted by Gasteiger charge is -2.00. The Morgan fingerprint density at radius 3 is 2.75 bits per heavy atom. The molecule has 0 spiro atoms. The Morgan fingerprint density at radius 1 is 1.75 bits per heavy atom. The van der Waals surface area contributed by atoms with Crippen LogP contribution in [0.25, 0.3) is 0 Å². The van der Waals surface area contributed by atoms with Crippen molar-refractivity contribution in [3.8, 4) is 0 Å². The van der Waals surface area contributed by atoms with Crippen LogP contribution in [0.15, 0.2) is 12.2 Å². The van der Waals surface area contributed by atoms with Crippen molar-refractivity contribution in [1.29, 1.82) is 0 Å². The summed E-state index contributed by atoms with van der Waals surface area (Å²) in [5, 5.41) is 8.52. The average Bonchev–Trinajstić information content (AvgIpc) is 1.66. The molecule has 2 heteroatoms. The summed E-state index contributed by atoms with van der Waals surface area (Å²) in [6, 6.07) is 0. The van der Waals surface area contributed by atoms with E-state index in [1.165, 1.54) is 0 Å². The van der Waals surface area contributed by atoms with Crippen molar-refractivity contribution in [1.82, 2.24) is 0 Å². The normalized spacial score (nSPS) is 14.9. The van der Waals surface area contributed by atoms with Crippen LogP contribution in [-0.4, -0.2) is 18.0 Å². The van der Waals surface area contributed by atoms with Gasteiger partial charge in [0.1, 0.15) is 0 Å². The standard InChI is InChI=1S/C6H12O2/c1-3-4-5-8-6(2)7/h3-4,6-7H,5H2,1-2H3. The van der Waals surface area contributed by atoms with Gasteiger partial charge in [-0.3, -0.25) is 0 Å². The third kappa shape index (κ3) is 5.66. The molecule has 0 aliphatic rings. The van der Waals surface area contributed by atoms with E-state index in [1.54, 1.807) is 6.92 Å². The molecule has 0 aliphatic heterocycles. The molecule has 0 saturated carbocycles. The summed E-state index contributed by atoms with van der Waals surface area (Å²) < 4.78 is 4.75. The van der Waals surface area contributed by atoms with Gasteiger partial charge in [-0.1, -0.05) is 12.2 Å². The highest BCUT2D eigenvalue weighted by Crippen LogP contribution is 1.82. The van der Waals surface area contributed by atoms with E-state index in [9.17, 15) is 0 Å². The first-order valence-electron chi connectivity index (χ1n) is 2.68. The minimum atomic E-state index is -0.647. The lowest BCUT2D eigenvalue weighted by molar-refractivity contribution is -0.0740. The van der Waals surface area contributed by atoms with Gasteiger partial charge in [0.05, 0.1) is 6.61 Å². The Kier molecular flexibility index (Phi) is 4.61. The van der Waals surface area contributed by atoms with E-state index in [-0.39, 0.29) is 0 Å². The van der Waals surface area contributed by atoms with Crippen molar-refractivity contribution in [2.45, 2.75) is 20.1 Å². The summed E-state index contributed by atoms with van der Waals surface area (Å²) in [5.41, 5.74) is 0. The van der Waals surface area contributed by atoms with Crippen LogP contribution in [0.5, 0.6) is 0 Å². The zero-order valence-corrected chi connectivity index (χ0v) is 5.29. The minimum Gasteiger partial charge on any atom is -0.368 e. The number of aliphatic hydroxyl groups is 1. The van der Waals surface area contributed by atoms with Crippen LogP contribution in [0.1, 0.15) is 13.8 Å². The Morgan fingerprint density at radius 2 is 2.38 bits per heavy atom. The minimum absolute atomic E-state index is 0.494. The van der Waals surface area contributed by atoms with E-state index in [2.05, 4.69) is 0 Å². The number of allylic oxidation sites excluding steroid dienone is 1. The van der Waals surface area contributed by atoms with Gasteiger partial charge in [-0.05, 0) is 13.8 Å². The topological polar surface area (TPSA) is 29.5 Å². The van der Waals surface area contributed by atoms with Crippen molar-refractivity contribution in [3.05, 3.63) is 12.2 Å². The maximum Gasteiger partial charge on any atom is 0.152 e. The number of rotatable bonds is 3. The molecule has 0 aromatic rings. The summed E-state index contributed by atoms with van der Waals surface area (Å²) in [5.74, 6) is 0. The van der Waals surface area contributed by atoms with Crippen LogP contribution in [0.2, 0.25) is 0 Å². The molecule has 0 saturated heterocycles. The van der Waals surface area contributed by atoms with Gasteiger partial charge in [0.15, 0.2) is 6.29 Å². The molecule has 0 aromatic heterocycles. The van der Waals surface area contributed by atoms with E-state index in [4.69, 9.17) is 9.84 Å². The van der Waals surface area contributed by atoms with Crippen LogP contribution in [0.3, 0.4) is 0 Å². The predicted octanol–water partition coefficient (Wildman–Crippen LogP) is 0.917.